The van der Waals surface area contributed by atoms with Crippen molar-refractivity contribution < 1.29 is 14.6 Å². The molecule has 1 heterocycles. The summed E-state index contributed by atoms with van der Waals surface area (Å²) in [4.78, 5) is 12.0. The molecule has 0 aliphatic carbocycles. The molecular formula is C15H23ClN2O3. The summed E-state index contributed by atoms with van der Waals surface area (Å²) in [5.41, 5.74) is 0.865. The molecule has 1 aromatic carbocycles. The van der Waals surface area contributed by atoms with Gasteiger partial charge in [0.2, 0.25) is 0 Å². The molecule has 1 amide bonds. The van der Waals surface area contributed by atoms with Crippen LogP contribution in [-0.4, -0.2) is 42.9 Å². The number of aliphatic hydroxyl groups is 1. The number of carbonyl (C=O) groups excluding carboxylic acids is 1. The van der Waals surface area contributed by atoms with Gasteiger partial charge in [0.1, 0.15) is 6.10 Å². The lowest BCUT2D eigenvalue weighted by atomic mass is 10.0. The number of hydrogen-bond acceptors (Lipinski definition) is 4. The van der Waals surface area contributed by atoms with Gasteiger partial charge in [-0.1, -0.05) is 30.3 Å². The van der Waals surface area contributed by atoms with Gasteiger partial charge < -0.3 is 20.5 Å². The van der Waals surface area contributed by atoms with Crippen molar-refractivity contribution in [3.05, 3.63) is 35.9 Å². The largest absolute Gasteiger partial charge is 0.388 e. The fourth-order valence-electron chi connectivity index (χ4n) is 2.27. The zero-order valence-electron chi connectivity index (χ0n) is 12.1. The van der Waals surface area contributed by atoms with Gasteiger partial charge in [0.05, 0.1) is 12.7 Å². The summed E-state index contributed by atoms with van der Waals surface area (Å²) < 4.78 is 5.39. The topological polar surface area (TPSA) is 70.6 Å². The molecule has 3 unspecified atom stereocenters. The molecule has 5 nitrogen and oxygen atoms in total. The Bertz CT molecular complexity index is 424. The van der Waals surface area contributed by atoms with Crippen LogP contribution in [0.15, 0.2) is 30.3 Å². The average molecular weight is 315 g/mol. The highest BCUT2D eigenvalue weighted by Gasteiger charge is 2.23. The van der Waals surface area contributed by atoms with Gasteiger partial charge in [0.15, 0.2) is 0 Å². The Morgan fingerprint density at radius 1 is 1.48 bits per heavy atom. The van der Waals surface area contributed by atoms with Gasteiger partial charge >= 0.3 is 0 Å². The van der Waals surface area contributed by atoms with E-state index in [4.69, 9.17) is 4.74 Å². The normalized spacial score (nSPS) is 21.0. The molecule has 1 saturated heterocycles. The summed E-state index contributed by atoms with van der Waals surface area (Å²) >= 11 is 0. The molecule has 118 valence electrons. The van der Waals surface area contributed by atoms with Crippen molar-refractivity contribution in [2.75, 3.05) is 19.7 Å². The second-order valence-electron chi connectivity index (χ2n) is 5.14. The first-order valence-electron chi connectivity index (χ1n) is 7.02. The van der Waals surface area contributed by atoms with Crippen LogP contribution in [0.5, 0.6) is 0 Å². The van der Waals surface area contributed by atoms with Crippen LogP contribution in [0.2, 0.25) is 0 Å². The molecular weight excluding hydrogens is 292 g/mol. The van der Waals surface area contributed by atoms with Crippen molar-refractivity contribution in [2.45, 2.75) is 31.6 Å². The van der Waals surface area contributed by atoms with Crippen molar-refractivity contribution in [2.24, 2.45) is 0 Å². The SMILES string of the molecule is CC(CC(O)c1ccccc1)NC(=O)C1CNCCO1.Cl. The van der Waals surface area contributed by atoms with E-state index in [2.05, 4.69) is 10.6 Å². The average Bonchev–Trinajstić information content (AvgIpc) is 2.49. The monoisotopic (exact) mass is 314 g/mol. The number of carbonyl (C=O) groups is 1. The van der Waals surface area contributed by atoms with Gasteiger partial charge in [0, 0.05) is 19.1 Å². The molecule has 3 N–H and O–H groups in total. The molecule has 1 aliphatic heterocycles. The maximum atomic E-state index is 12.0. The van der Waals surface area contributed by atoms with Crippen molar-refractivity contribution in [3.63, 3.8) is 0 Å². The molecule has 0 aromatic heterocycles. The van der Waals surface area contributed by atoms with E-state index >= 15 is 0 Å². The van der Waals surface area contributed by atoms with E-state index in [-0.39, 0.29) is 24.4 Å². The highest BCUT2D eigenvalue weighted by atomic mass is 35.5. The number of hydrogen-bond donors (Lipinski definition) is 3. The lowest BCUT2D eigenvalue weighted by Crippen LogP contribution is -2.49. The predicted octanol–water partition coefficient (Wildman–Crippen LogP) is 1.02. The Kier molecular flexibility index (Phi) is 7.67. The van der Waals surface area contributed by atoms with Gasteiger partial charge in [-0.2, -0.15) is 0 Å². The number of halogens is 1. The quantitative estimate of drug-likeness (QED) is 0.759. The van der Waals surface area contributed by atoms with E-state index in [0.29, 0.717) is 19.6 Å². The van der Waals surface area contributed by atoms with Crippen molar-refractivity contribution in [1.29, 1.82) is 0 Å². The van der Waals surface area contributed by atoms with Crippen LogP contribution in [0.4, 0.5) is 0 Å². The third-order valence-electron chi connectivity index (χ3n) is 3.37. The van der Waals surface area contributed by atoms with Crippen LogP contribution >= 0.6 is 12.4 Å². The highest BCUT2D eigenvalue weighted by Crippen LogP contribution is 2.17. The van der Waals surface area contributed by atoms with E-state index in [1.807, 2.05) is 37.3 Å². The van der Waals surface area contributed by atoms with Gasteiger partial charge in [0.25, 0.3) is 5.91 Å². The van der Waals surface area contributed by atoms with Crippen LogP contribution in [0.1, 0.15) is 25.0 Å². The minimum absolute atomic E-state index is 0. The van der Waals surface area contributed by atoms with Crippen LogP contribution in [0.25, 0.3) is 0 Å². The first-order valence-corrected chi connectivity index (χ1v) is 7.02. The number of benzene rings is 1. The van der Waals surface area contributed by atoms with Gasteiger partial charge in [-0.15, -0.1) is 12.4 Å². The summed E-state index contributed by atoms with van der Waals surface area (Å²) in [6, 6.07) is 9.35. The number of morpholine rings is 1. The Morgan fingerprint density at radius 3 is 2.81 bits per heavy atom. The number of aliphatic hydroxyl groups excluding tert-OH is 1. The molecule has 1 aromatic rings. The summed E-state index contributed by atoms with van der Waals surface area (Å²) in [5.74, 6) is -0.120. The molecule has 6 heteroatoms. The summed E-state index contributed by atoms with van der Waals surface area (Å²) in [7, 11) is 0. The third-order valence-corrected chi connectivity index (χ3v) is 3.37. The molecule has 0 spiro atoms. The molecule has 2 rings (SSSR count). The Morgan fingerprint density at radius 2 is 2.19 bits per heavy atom. The van der Waals surface area contributed by atoms with E-state index in [0.717, 1.165) is 12.1 Å². The molecule has 1 fully saturated rings. The fourth-order valence-corrected chi connectivity index (χ4v) is 2.27. The van der Waals surface area contributed by atoms with Gasteiger partial charge in [-0.05, 0) is 18.9 Å². The molecule has 3 atom stereocenters. The number of ether oxygens (including phenoxy) is 1. The molecule has 1 aliphatic rings. The van der Waals surface area contributed by atoms with Crippen LogP contribution in [-0.2, 0) is 9.53 Å². The second-order valence-corrected chi connectivity index (χ2v) is 5.14. The van der Waals surface area contributed by atoms with Crippen LogP contribution < -0.4 is 10.6 Å². The first kappa shape index (κ1) is 17.9. The zero-order valence-corrected chi connectivity index (χ0v) is 12.9. The van der Waals surface area contributed by atoms with Crippen LogP contribution in [0, 0.1) is 0 Å². The Balaban J connectivity index is 0.00000220. The number of nitrogens with one attached hydrogen (secondary N) is 2. The summed E-state index contributed by atoms with van der Waals surface area (Å²) in [5, 5.41) is 16.1. The lowest BCUT2D eigenvalue weighted by Gasteiger charge is -2.25. The first-order chi connectivity index (χ1) is 9.66. The predicted molar refractivity (Wildman–Crippen MR) is 83.5 cm³/mol. The fraction of sp³-hybridized carbons (Fsp3) is 0.533. The number of amides is 1. The van der Waals surface area contributed by atoms with E-state index in [1.165, 1.54) is 0 Å². The molecule has 0 saturated carbocycles. The third kappa shape index (κ3) is 5.63. The van der Waals surface area contributed by atoms with E-state index < -0.39 is 12.2 Å². The smallest absolute Gasteiger partial charge is 0.250 e. The van der Waals surface area contributed by atoms with E-state index in [1.54, 1.807) is 0 Å². The molecule has 21 heavy (non-hydrogen) atoms. The minimum atomic E-state index is -0.572. The standard InChI is InChI=1S/C15H22N2O3.ClH/c1-11(9-13(18)12-5-3-2-4-6-12)17-15(19)14-10-16-7-8-20-14;/h2-6,11,13-14,16,18H,7-10H2,1H3,(H,17,19);1H. The van der Waals surface area contributed by atoms with Crippen molar-refractivity contribution >= 4 is 18.3 Å². The maximum absolute atomic E-state index is 12.0. The van der Waals surface area contributed by atoms with Gasteiger partial charge in [-0.3, -0.25) is 4.79 Å². The zero-order chi connectivity index (χ0) is 14.4. The lowest BCUT2D eigenvalue weighted by molar-refractivity contribution is -0.135. The maximum Gasteiger partial charge on any atom is 0.250 e. The Hall–Kier alpha value is -1.14. The van der Waals surface area contributed by atoms with Gasteiger partial charge in [-0.25, -0.2) is 0 Å². The summed E-state index contributed by atoms with van der Waals surface area (Å²) in [6.07, 6.45) is -0.521. The number of rotatable bonds is 5. The van der Waals surface area contributed by atoms with Crippen molar-refractivity contribution in [3.8, 4) is 0 Å². The van der Waals surface area contributed by atoms with Crippen molar-refractivity contribution in [1.82, 2.24) is 10.6 Å². The molecule has 0 bridgehead atoms. The summed E-state index contributed by atoms with van der Waals surface area (Å²) in [6.45, 7) is 3.77. The van der Waals surface area contributed by atoms with E-state index in [9.17, 15) is 9.90 Å². The Labute approximate surface area is 131 Å². The second kappa shape index (κ2) is 9.00. The van der Waals surface area contributed by atoms with Crippen LogP contribution in [0.3, 0.4) is 0 Å². The molecule has 0 radical (unpaired) electrons. The highest BCUT2D eigenvalue weighted by molar-refractivity contribution is 5.85. The minimum Gasteiger partial charge on any atom is -0.388 e.